The number of benzene rings is 6. The van der Waals surface area contributed by atoms with E-state index in [-0.39, 0.29) is 5.78 Å². The summed E-state index contributed by atoms with van der Waals surface area (Å²) in [6, 6.07) is 58.2. The minimum absolute atomic E-state index is 0.00279. The summed E-state index contributed by atoms with van der Waals surface area (Å²) >= 11 is -3.59. The Bertz CT molecular complexity index is 1590. The standard InChI is InChI=1S/C19H13O2.3C6H5.Po/c20-19(15-7-3-1-4-8-15)16-11-13-18(14-12-16)21-17-9-5-2-6-10-17;3*1-2-4-6-5-3-1;/h1,3-14H;3*1-5H;. The molecule has 0 N–H and O–H groups in total. The molecule has 0 fully saturated rings. The van der Waals surface area contributed by atoms with Crippen molar-refractivity contribution in [1.29, 1.82) is 0 Å². The van der Waals surface area contributed by atoms with Gasteiger partial charge in [0.1, 0.15) is 0 Å². The van der Waals surface area contributed by atoms with Crippen molar-refractivity contribution < 1.29 is 9.53 Å². The van der Waals surface area contributed by atoms with E-state index < -0.39 is 20.6 Å². The molecular formula is C37H28O2Po. The third-order valence-electron chi connectivity index (χ3n) is 6.86. The normalized spacial score (nSPS) is 11.5. The summed E-state index contributed by atoms with van der Waals surface area (Å²) in [5, 5.41) is 0. The second-order valence-electron chi connectivity index (χ2n) is 9.34. The molecule has 0 amide bonds. The second kappa shape index (κ2) is 11.8. The van der Waals surface area contributed by atoms with Gasteiger partial charge in [-0.1, -0.05) is 18.2 Å². The van der Waals surface area contributed by atoms with Gasteiger partial charge in [-0.25, -0.2) is 0 Å². The van der Waals surface area contributed by atoms with Crippen molar-refractivity contribution >= 4 is 39.2 Å². The second-order valence-corrected chi connectivity index (χ2v) is 21.4. The minimum atomic E-state index is -3.59. The molecule has 0 bridgehead atoms. The van der Waals surface area contributed by atoms with E-state index in [0.717, 1.165) is 5.75 Å². The molecular weight excluding hydrogens is 685 g/mol. The molecule has 6 rings (SSSR count). The van der Waals surface area contributed by atoms with E-state index in [2.05, 4.69) is 115 Å². The molecule has 0 saturated heterocycles. The Morgan fingerprint density at radius 3 is 1.12 bits per heavy atom. The molecule has 40 heavy (non-hydrogen) atoms. The molecule has 0 heterocycles. The van der Waals surface area contributed by atoms with Crippen LogP contribution in [0.25, 0.3) is 0 Å². The number of carbonyl (C=O) groups excluding carboxylic acids is 1. The fourth-order valence-corrected chi connectivity index (χ4v) is 20.0. The molecule has 0 saturated carbocycles. The first-order valence-electron chi connectivity index (χ1n) is 13.2. The van der Waals surface area contributed by atoms with E-state index in [0.29, 0.717) is 16.9 Å². The molecule has 194 valence electrons. The van der Waals surface area contributed by atoms with Gasteiger partial charge in [0, 0.05) is 0 Å². The zero-order chi connectivity index (χ0) is 27.2. The quantitative estimate of drug-likeness (QED) is 0.179. The topological polar surface area (TPSA) is 26.3 Å². The van der Waals surface area contributed by atoms with Gasteiger partial charge in [0.2, 0.25) is 0 Å². The number of hydrogen-bond donors (Lipinski definition) is 0. The van der Waals surface area contributed by atoms with Crippen molar-refractivity contribution in [3.8, 4) is 11.5 Å². The third-order valence-corrected chi connectivity index (χ3v) is 22.1. The van der Waals surface area contributed by atoms with Crippen molar-refractivity contribution in [3.05, 3.63) is 181 Å². The van der Waals surface area contributed by atoms with Gasteiger partial charge in [-0.3, -0.25) is 0 Å². The van der Waals surface area contributed by atoms with Crippen LogP contribution in [0.1, 0.15) is 15.9 Å². The molecule has 0 aliphatic heterocycles. The summed E-state index contributed by atoms with van der Waals surface area (Å²) in [4.78, 5) is 12.8. The van der Waals surface area contributed by atoms with Gasteiger partial charge < -0.3 is 0 Å². The Balaban J connectivity index is 1.35. The summed E-state index contributed by atoms with van der Waals surface area (Å²) in [6.45, 7) is 0. The average molecular weight is 714 g/mol. The Morgan fingerprint density at radius 1 is 0.375 bits per heavy atom. The fraction of sp³-hybridized carbons (Fsp3) is 0. The zero-order valence-electron chi connectivity index (χ0n) is 21.9. The number of ketones is 1. The molecule has 0 atom stereocenters. The fourth-order valence-electron chi connectivity index (χ4n) is 4.97. The SMILES string of the molecule is O=C(c1ccccc1)c1ccc(Oc2cc[c]([Po]([c]3ccccc3)([c]3ccccc3)[c]3ccccc3)cc2)cc1. The van der Waals surface area contributed by atoms with Gasteiger partial charge >= 0.3 is 223 Å². The van der Waals surface area contributed by atoms with Gasteiger partial charge in [0.05, 0.1) is 0 Å². The maximum absolute atomic E-state index is 12.8. The number of carbonyl (C=O) groups is 1. The van der Waals surface area contributed by atoms with E-state index in [1.54, 1.807) is 0 Å². The molecule has 3 heteroatoms. The van der Waals surface area contributed by atoms with Crippen LogP contribution in [0.15, 0.2) is 170 Å². The first-order valence-corrected chi connectivity index (χ1v) is 19.6. The van der Waals surface area contributed by atoms with Crippen LogP contribution in [0.3, 0.4) is 0 Å². The summed E-state index contributed by atoms with van der Waals surface area (Å²) < 4.78 is 11.8. The summed E-state index contributed by atoms with van der Waals surface area (Å²) in [5.74, 6) is 1.46. The van der Waals surface area contributed by atoms with Crippen molar-refractivity contribution in [2.75, 3.05) is 0 Å². The zero-order valence-corrected chi connectivity index (χ0v) is 25.1. The van der Waals surface area contributed by atoms with Gasteiger partial charge in [0.25, 0.3) is 0 Å². The first kappa shape index (κ1) is 25.9. The Kier molecular flexibility index (Phi) is 7.67. The van der Waals surface area contributed by atoms with Crippen LogP contribution in [0.2, 0.25) is 0 Å². The van der Waals surface area contributed by atoms with Crippen molar-refractivity contribution in [3.63, 3.8) is 0 Å². The van der Waals surface area contributed by atoms with Crippen molar-refractivity contribution in [2.45, 2.75) is 0 Å². The number of rotatable bonds is 8. The van der Waals surface area contributed by atoms with E-state index in [1.165, 1.54) is 12.9 Å². The van der Waals surface area contributed by atoms with Crippen molar-refractivity contribution in [2.24, 2.45) is 0 Å². The van der Waals surface area contributed by atoms with Gasteiger partial charge in [0.15, 0.2) is 0 Å². The predicted octanol–water partition coefficient (Wildman–Crippen LogP) is 6.09. The monoisotopic (exact) mass is 713 g/mol. The van der Waals surface area contributed by atoms with Gasteiger partial charge in [-0.15, -0.1) is 0 Å². The summed E-state index contributed by atoms with van der Waals surface area (Å²) in [5.41, 5.74) is 1.32. The Hall–Kier alpha value is -4.31. The van der Waals surface area contributed by atoms with Crippen LogP contribution in [-0.4, -0.2) is 26.3 Å². The molecule has 6 aromatic carbocycles. The van der Waals surface area contributed by atoms with E-state index in [4.69, 9.17) is 4.74 Å². The Labute approximate surface area is 240 Å². The molecule has 0 aromatic heterocycles. The molecule has 0 spiro atoms. The van der Waals surface area contributed by atoms with Crippen LogP contribution >= 0.6 is 0 Å². The van der Waals surface area contributed by atoms with Crippen LogP contribution < -0.4 is 17.6 Å². The van der Waals surface area contributed by atoms with Gasteiger partial charge in [-0.2, -0.15) is 0 Å². The predicted molar refractivity (Wildman–Crippen MR) is 166 cm³/mol. The van der Waals surface area contributed by atoms with E-state index in [9.17, 15) is 4.79 Å². The average Bonchev–Trinajstić information content (AvgIpc) is 3.04. The molecule has 0 aliphatic carbocycles. The van der Waals surface area contributed by atoms with Gasteiger partial charge in [-0.05, 0) is 0 Å². The molecule has 0 radical (unpaired) electrons. The van der Waals surface area contributed by atoms with Crippen molar-refractivity contribution in [1.82, 2.24) is 0 Å². The maximum atomic E-state index is 12.8. The summed E-state index contributed by atoms with van der Waals surface area (Å²) in [7, 11) is 0. The van der Waals surface area contributed by atoms with Crippen LogP contribution in [0.4, 0.5) is 0 Å². The Morgan fingerprint density at radius 2 is 0.700 bits per heavy atom. The third kappa shape index (κ3) is 5.14. The number of hydrogen-bond acceptors (Lipinski definition) is 2. The first-order chi connectivity index (χ1) is 19.7. The van der Waals surface area contributed by atoms with E-state index in [1.807, 2.05) is 54.6 Å². The van der Waals surface area contributed by atoms with E-state index >= 15 is 0 Å². The molecule has 6 aromatic rings. The van der Waals surface area contributed by atoms with Crippen LogP contribution in [0.5, 0.6) is 11.5 Å². The molecule has 0 aliphatic rings. The molecule has 0 unspecified atom stereocenters. The summed E-state index contributed by atoms with van der Waals surface area (Å²) in [6.07, 6.45) is 0. The van der Waals surface area contributed by atoms with Crippen LogP contribution in [0, 0.1) is 0 Å². The van der Waals surface area contributed by atoms with Crippen LogP contribution in [-0.2, 0) is 0 Å². The molecule has 2 nitrogen and oxygen atoms in total. The number of ether oxygens (including phenoxy) is 1.